The van der Waals surface area contributed by atoms with Gasteiger partial charge in [0.1, 0.15) is 6.33 Å². The van der Waals surface area contributed by atoms with Gasteiger partial charge in [-0.1, -0.05) is 13.8 Å². The van der Waals surface area contributed by atoms with Crippen molar-refractivity contribution in [3.8, 4) is 0 Å². The van der Waals surface area contributed by atoms with E-state index in [9.17, 15) is 4.39 Å². The molecule has 0 spiro atoms. The van der Waals surface area contributed by atoms with Crippen molar-refractivity contribution in [1.82, 2.24) is 15.3 Å². The third kappa shape index (κ3) is 3.41. The number of nitrogens with one attached hydrogen (secondary N) is 1. The van der Waals surface area contributed by atoms with Gasteiger partial charge in [0.2, 0.25) is 0 Å². The van der Waals surface area contributed by atoms with Gasteiger partial charge in [-0.25, -0.2) is 14.4 Å². The second kappa shape index (κ2) is 6.80. The van der Waals surface area contributed by atoms with Gasteiger partial charge in [-0.15, -0.1) is 0 Å². The zero-order valence-corrected chi connectivity index (χ0v) is 11.8. The van der Waals surface area contributed by atoms with Gasteiger partial charge in [-0.05, 0) is 38.3 Å². The van der Waals surface area contributed by atoms with Crippen molar-refractivity contribution in [2.45, 2.75) is 33.1 Å². The highest BCUT2D eigenvalue weighted by molar-refractivity contribution is 5.41. The molecule has 1 N–H and O–H groups in total. The molecule has 1 aromatic heterocycles. The van der Waals surface area contributed by atoms with E-state index in [1.165, 1.54) is 12.7 Å². The third-order valence-corrected chi connectivity index (χ3v) is 3.68. The smallest absolute Gasteiger partial charge is 0.187 e. The molecule has 1 fully saturated rings. The van der Waals surface area contributed by atoms with Crippen LogP contribution in [0, 0.1) is 11.7 Å². The van der Waals surface area contributed by atoms with Crippen LogP contribution in [-0.4, -0.2) is 36.1 Å². The van der Waals surface area contributed by atoms with Crippen LogP contribution in [0.2, 0.25) is 0 Å². The highest BCUT2D eigenvalue weighted by atomic mass is 19.1. The Labute approximate surface area is 114 Å². The van der Waals surface area contributed by atoms with Crippen molar-refractivity contribution in [2.24, 2.45) is 5.92 Å². The van der Waals surface area contributed by atoms with Gasteiger partial charge >= 0.3 is 0 Å². The van der Waals surface area contributed by atoms with Crippen LogP contribution in [0.5, 0.6) is 0 Å². The topological polar surface area (TPSA) is 41.0 Å². The van der Waals surface area contributed by atoms with E-state index in [0.29, 0.717) is 23.9 Å². The minimum Gasteiger partial charge on any atom is -0.354 e. The fraction of sp³-hybridized carbons (Fsp3) is 0.714. The van der Waals surface area contributed by atoms with Gasteiger partial charge in [0.25, 0.3) is 0 Å². The molecule has 0 amide bonds. The molecule has 1 saturated heterocycles. The Hall–Kier alpha value is -1.23. The van der Waals surface area contributed by atoms with Gasteiger partial charge in [-0.2, -0.15) is 0 Å². The monoisotopic (exact) mass is 266 g/mol. The van der Waals surface area contributed by atoms with E-state index in [2.05, 4.69) is 27.1 Å². The molecular weight excluding hydrogens is 243 g/mol. The van der Waals surface area contributed by atoms with Crippen LogP contribution in [0.15, 0.2) is 6.33 Å². The first-order valence-electron chi connectivity index (χ1n) is 7.21. The largest absolute Gasteiger partial charge is 0.354 e. The molecule has 5 heteroatoms. The number of anilines is 1. The lowest BCUT2D eigenvalue weighted by Crippen LogP contribution is -2.40. The van der Waals surface area contributed by atoms with E-state index in [0.717, 1.165) is 32.6 Å². The molecule has 4 nitrogen and oxygen atoms in total. The maximum Gasteiger partial charge on any atom is 0.187 e. The molecular formula is C14H23FN4. The number of halogens is 1. The normalized spacial score (nSPS) is 19.7. The average Bonchev–Trinajstić information content (AvgIpc) is 2.45. The van der Waals surface area contributed by atoms with Gasteiger partial charge in [0.05, 0.1) is 5.69 Å². The summed E-state index contributed by atoms with van der Waals surface area (Å²) >= 11 is 0. The molecule has 0 aromatic carbocycles. The lowest BCUT2D eigenvalue weighted by Gasteiger charge is -2.33. The molecule has 19 heavy (non-hydrogen) atoms. The summed E-state index contributed by atoms with van der Waals surface area (Å²) in [4.78, 5) is 10.2. The lowest BCUT2D eigenvalue weighted by atomic mass is 9.98. The van der Waals surface area contributed by atoms with Crippen LogP contribution in [0.4, 0.5) is 10.2 Å². The summed E-state index contributed by atoms with van der Waals surface area (Å²) in [5.74, 6) is 0.815. The standard InChI is InChI=1S/C14H23FN4/c1-3-12-13(15)14(18-10-17-12)19-7-5-6-11(9-19)8-16-4-2/h10-11,16H,3-9H2,1-2H3. The van der Waals surface area contributed by atoms with Crippen LogP contribution in [-0.2, 0) is 6.42 Å². The predicted molar refractivity (Wildman–Crippen MR) is 74.8 cm³/mol. The number of aromatic nitrogens is 2. The van der Waals surface area contributed by atoms with Crippen molar-refractivity contribution in [2.75, 3.05) is 31.1 Å². The van der Waals surface area contributed by atoms with Crippen LogP contribution in [0.1, 0.15) is 32.4 Å². The number of aryl methyl sites for hydroxylation is 1. The summed E-state index contributed by atoms with van der Waals surface area (Å²) in [6.45, 7) is 7.78. The number of hydrogen-bond donors (Lipinski definition) is 1. The molecule has 0 radical (unpaired) electrons. The molecule has 106 valence electrons. The summed E-state index contributed by atoms with van der Waals surface area (Å²) in [7, 11) is 0. The van der Waals surface area contributed by atoms with Crippen molar-refractivity contribution in [1.29, 1.82) is 0 Å². The Morgan fingerprint density at radius 1 is 1.42 bits per heavy atom. The molecule has 1 aliphatic heterocycles. The maximum atomic E-state index is 14.3. The summed E-state index contributed by atoms with van der Waals surface area (Å²) in [6.07, 6.45) is 4.39. The molecule has 2 rings (SSSR count). The SMILES string of the molecule is CCNCC1CCCN(c2ncnc(CC)c2F)C1. The Morgan fingerprint density at radius 3 is 3.00 bits per heavy atom. The zero-order valence-electron chi connectivity index (χ0n) is 11.8. The minimum atomic E-state index is -0.242. The third-order valence-electron chi connectivity index (χ3n) is 3.68. The summed E-state index contributed by atoms with van der Waals surface area (Å²) in [5.41, 5.74) is 0.513. The second-order valence-electron chi connectivity index (χ2n) is 5.07. The van der Waals surface area contributed by atoms with Crippen molar-refractivity contribution < 1.29 is 4.39 Å². The van der Waals surface area contributed by atoms with E-state index in [1.54, 1.807) is 0 Å². The quantitative estimate of drug-likeness (QED) is 0.885. The number of nitrogens with zero attached hydrogens (tertiary/aromatic N) is 3. The average molecular weight is 266 g/mol. The molecule has 0 saturated carbocycles. The Balaban J connectivity index is 2.08. The predicted octanol–water partition coefficient (Wildman–Crippen LogP) is 2.00. The summed E-state index contributed by atoms with van der Waals surface area (Å²) < 4.78 is 14.3. The van der Waals surface area contributed by atoms with Crippen LogP contribution >= 0.6 is 0 Å². The zero-order chi connectivity index (χ0) is 13.7. The molecule has 2 heterocycles. The van der Waals surface area contributed by atoms with Gasteiger partial charge in [0, 0.05) is 13.1 Å². The Kier molecular flexibility index (Phi) is 5.07. The molecule has 1 unspecified atom stereocenters. The van der Waals surface area contributed by atoms with E-state index in [1.807, 2.05) is 6.92 Å². The highest BCUT2D eigenvalue weighted by Gasteiger charge is 2.23. The second-order valence-corrected chi connectivity index (χ2v) is 5.07. The Morgan fingerprint density at radius 2 is 2.26 bits per heavy atom. The summed E-state index contributed by atoms with van der Waals surface area (Å²) in [6, 6.07) is 0. The first kappa shape index (κ1) is 14.2. The molecule has 1 atom stereocenters. The fourth-order valence-electron chi connectivity index (χ4n) is 2.64. The molecule has 0 aliphatic carbocycles. The van der Waals surface area contributed by atoms with Crippen molar-refractivity contribution >= 4 is 5.82 Å². The fourth-order valence-corrected chi connectivity index (χ4v) is 2.64. The van der Waals surface area contributed by atoms with Crippen molar-refractivity contribution in [3.05, 3.63) is 17.8 Å². The first-order valence-corrected chi connectivity index (χ1v) is 7.21. The van der Waals surface area contributed by atoms with E-state index >= 15 is 0 Å². The molecule has 1 aliphatic rings. The minimum absolute atomic E-state index is 0.242. The van der Waals surface area contributed by atoms with Gasteiger partial charge < -0.3 is 10.2 Å². The summed E-state index contributed by atoms with van der Waals surface area (Å²) in [5, 5.41) is 3.37. The van der Waals surface area contributed by atoms with E-state index in [4.69, 9.17) is 0 Å². The van der Waals surface area contributed by atoms with E-state index < -0.39 is 0 Å². The molecule has 0 bridgehead atoms. The number of piperidine rings is 1. The van der Waals surface area contributed by atoms with Gasteiger partial charge in [-0.3, -0.25) is 0 Å². The van der Waals surface area contributed by atoms with Gasteiger partial charge in [0.15, 0.2) is 11.6 Å². The van der Waals surface area contributed by atoms with Crippen LogP contribution < -0.4 is 10.2 Å². The maximum absolute atomic E-state index is 14.3. The Bertz CT molecular complexity index is 410. The van der Waals surface area contributed by atoms with E-state index in [-0.39, 0.29) is 5.82 Å². The van der Waals surface area contributed by atoms with Crippen molar-refractivity contribution in [3.63, 3.8) is 0 Å². The first-order chi connectivity index (χ1) is 9.26. The highest BCUT2D eigenvalue weighted by Crippen LogP contribution is 2.24. The number of hydrogen-bond acceptors (Lipinski definition) is 4. The number of rotatable bonds is 5. The van der Waals surface area contributed by atoms with Crippen LogP contribution in [0.3, 0.4) is 0 Å². The lowest BCUT2D eigenvalue weighted by molar-refractivity contribution is 0.390. The van der Waals surface area contributed by atoms with Crippen LogP contribution in [0.25, 0.3) is 0 Å². The molecule has 1 aromatic rings.